The van der Waals surface area contributed by atoms with E-state index in [9.17, 15) is 9.90 Å². The van der Waals surface area contributed by atoms with Gasteiger partial charge < -0.3 is 9.84 Å². The van der Waals surface area contributed by atoms with Gasteiger partial charge in [-0.05, 0) is 35.9 Å². The third-order valence-corrected chi connectivity index (χ3v) is 3.40. The number of rotatable bonds is 4. The fraction of sp³-hybridized carbons (Fsp3) is 0.0556. The van der Waals surface area contributed by atoms with Crippen molar-refractivity contribution < 1.29 is 14.6 Å². The predicted molar refractivity (Wildman–Crippen MR) is 87.6 cm³/mol. The second kappa shape index (κ2) is 6.27. The molecule has 5 nitrogen and oxygen atoms in total. The molecule has 0 atom stereocenters. The van der Waals surface area contributed by atoms with Crippen molar-refractivity contribution in [1.29, 1.82) is 0 Å². The van der Waals surface area contributed by atoms with Gasteiger partial charge in [0.1, 0.15) is 0 Å². The summed E-state index contributed by atoms with van der Waals surface area (Å²) in [5.41, 5.74) is 2.57. The van der Waals surface area contributed by atoms with E-state index < -0.39 is 0 Å². The first-order valence-corrected chi connectivity index (χ1v) is 6.98. The molecule has 0 unspecified atom stereocenters. The lowest BCUT2D eigenvalue weighted by Gasteiger charge is -2.05. The largest absolute Gasteiger partial charge is 0.504 e. The van der Waals surface area contributed by atoms with Gasteiger partial charge in [0.2, 0.25) is 0 Å². The van der Waals surface area contributed by atoms with Crippen molar-refractivity contribution in [1.82, 2.24) is 9.97 Å². The maximum atomic E-state index is 12.2. The molecule has 0 aliphatic rings. The molecule has 0 spiro atoms. The van der Waals surface area contributed by atoms with Crippen molar-refractivity contribution in [2.75, 3.05) is 7.11 Å². The Morgan fingerprint density at radius 2 is 1.91 bits per heavy atom. The molecule has 5 heteroatoms. The second-order valence-corrected chi connectivity index (χ2v) is 4.86. The molecule has 0 amide bonds. The monoisotopic (exact) mass is 306 g/mol. The molecule has 23 heavy (non-hydrogen) atoms. The van der Waals surface area contributed by atoms with Crippen LogP contribution in [0.3, 0.4) is 0 Å². The Morgan fingerprint density at radius 3 is 2.70 bits per heavy atom. The second-order valence-electron chi connectivity index (χ2n) is 4.86. The fourth-order valence-corrected chi connectivity index (χ4v) is 2.23. The number of phenols is 1. The lowest BCUT2D eigenvalue weighted by atomic mass is 10.1. The Labute approximate surface area is 132 Å². The molecule has 1 aromatic heterocycles. The van der Waals surface area contributed by atoms with E-state index in [2.05, 4.69) is 9.97 Å². The smallest absolute Gasteiger partial charge is 0.189 e. The van der Waals surface area contributed by atoms with E-state index in [1.807, 2.05) is 18.2 Å². The van der Waals surface area contributed by atoms with Gasteiger partial charge in [-0.25, -0.2) is 0 Å². The number of aromatic nitrogens is 2. The number of para-hydroxylation sites is 1. The van der Waals surface area contributed by atoms with Crippen LogP contribution in [0.2, 0.25) is 0 Å². The lowest BCUT2D eigenvalue weighted by Crippen LogP contribution is -1.96. The van der Waals surface area contributed by atoms with Gasteiger partial charge in [-0.15, -0.1) is 0 Å². The average molecular weight is 306 g/mol. The number of ketones is 1. The first-order chi connectivity index (χ1) is 11.2. The van der Waals surface area contributed by atoms with E-state index >= 15 is 0 Å². The predicted octanol–water partition coefficient (Wildman–Crippen LogP) is 3.24. The minimum atomic E-state index is -0.305. The van der Waals surface area contributed by atoms with E-state index in [-0.39, 0.29) is 22.8 Å². The molecular weight excluding hydrogens is 292 g/mol. The van der Waals surface area contributed by atoms with Crippen LogP contribution in [0, 0.1) is 0 Å². The lowest BCUT2D eigenvalue weighted by molar-refractivity contribution is 0.104. The molecule has 0 aliphatic carbocycles. The van der Waals surface area contributed by atoms with Gasteiger partial charge in [-0.3, -0.25) is 14.8 Å². The normalized spacial score (nSPS) is 11.0. The summed E-state index contributed by atoms with van der Waals surface area (Å²) < 4.78 is 5.01. The first kappa shape index (κ1) is 14.7. The Morgan fingerprint density at radius 1 is 1.13 bits per heavy atom. The first-order valence-electron chi connectivity index (χ1n) is 6.98. The maximum Gasteiger partial charge on any atom is 0.189 e. The molecule has 0 aliphatic heterocycles. The van der Waals surface area contributed by atoms with Crippen molar-refractivity contribution in [3.63, 3.8) is 0 Å². The van der Waals surface area contributed by atoms with E-state index in [1.54, 1.807) is 36.7 Å². The Balaban J connectivity index is 1.88. The zero-order chi connectivity index (χ0) is 16.2. The summed E-state index contributed by atoms with van der Waals surface area (Å²) in [7, 11) is 1.44. The van der Waals surface area contributed by atoms with Crippen LogP contribution in [0.4, 0.5) is 0 Å². The van der Waals surface area contributed by atoms with Crippen LogP contribution in [-0.2, 0) is 0 Å². The van der Waals surface area contributed by atoms with E-state index in [0.29, 0.717) is 0 Å². The van der Waals surface area contributed by atoms with Crippen LogP contribution in [0.5, 0.6) is 11.5 Å². The molecule has 0 saturated carbocycles. The van der Waals surface area contributed by atoms with Gasteiger partial charge in [0.25, 0.3) is 0 Å². The van der Waals surface area contributed by atoms with Crippen molar-refractivity contribution in [2.45, 2.75) is 0 Å². The third-order valence-electron chi connectivity index (χ3n) is 3.40. The van der Waals surface area contributed by atoms with Crippen molar-refractivity contribution in [3.8, 4) is 11.5 Å². The number of carbonyl (C=O) groups excluding carboxylic acids is 1. The van der Waals surface area contributed by atoms with Crippen LogP contribution in [-0.4, -0.2) is 28.0 Å². The molecule has 3 rings (SSSR count). The SMILES string of the molecule is COc1cccc(C(=O)/C=C/c2ccc3nccnc3c2)c1O. The van der Waals surface area contributed by atoms with Crippen molar-refractivity contribution in [2.24, 2.45) is 0 Å². The Hall–Kier alpha value is -3.21. The van der Waals surface area contributed by atoms with Gasteiger partial charge in [0, 0.05) is 12.4 Å². The highest BCUT2D eigenvalue weighted by molar-refractivity contribution is 6.09. The van der Waals surface area contributed by atoms with Crippen molar-refractivity contribution in [3.05, 3.63) is 66.0 Å². The number of aromatic hydroxyl groups is 1. The quantitative estimate of drug-likeness (QED) is 0.592. The summed E-state index contributed by atoms with van der Waals surface area (Å²) >= 11 is 0. The molecule has 114 valence electrons. The minimum absolute atomic E-state index is 0.158. The zero-order valence-corrected chi connectivity index (χ0v) is 12.4. The van der Waals surface area contributed by atoms with Crippen molar-refractivity contribution >= 4 is 22.9 Å². The fourth-order valence-electron chi connectivity index (χ4n) is 2.23. The molecule has 0 fully saturated rings. The van der Waals surface area contributed by atoms with Crippen LogP contribution in [0.1, 0.15) is 15.9 Å². The molecule has 0 bridgehead atoms. The number of ether oxygens (including phenoxy) is 1. The summed E-state index contributed by atoms with van der Waals surface area (Å²) in [6.07, 6.45) is 6.34. The van der Waals surface area contributed by atoms with Gasteiger partial charge >= 0.3 is 0 Å². The number of carbonyl (C=O) groups is 1. The van der Waals surface area contributed by atoms with Gasteiger partial charge in [0.15, 0.2) is 17.3 Å². The number of benzene rings is 2. The number of hydrogen-bond acceptors (Lipinski definition) is 5. The Bertz CT molecular complexity index is 904. The molecule has 1 N–H and O–H groups in total. The van der Waals surface area contributed by atoms with Gasteiger partial charge in [-0.2, -0.15) is 0 Å². The summed E-state index contributed by atoms with van der Waals surface area (Å²) in [4.78, 5) is 20.7. The zero-order valence-electron chi connectivity index (χ0n) is 12.4. The number of fused-ring (bicyclic) bond motifs is 1. The van der Waals surface area contributed by atoms with Crippen LogP contribution >= 0.6 is 0 Å². The molecule has 0 radical (unpaired) electrons. The molecule has 1 heterocycles. The third kappa shape index (κ3) is 3.03. The van der Waals surface area contributed by atoms with Gasteiger partial charge in [-0.1, -0.05) is 18.2 Å². The molecule has 2 aromatic carbocycles. The Kier molecular flexibility index (Phi) is 4.01. The van der Waals surface area contributed by atoms with Crippen LogP contribution in [0.25, 0.3) is 17.1 Å². The number of phenolic OH excluding ortho intramolecular Hbond substituents is 1. The van der Waals surface area contributed by atoms with E-state index in [0.717, 1.165) is 16.6 Å². The van der Waals surface area contributed by atoms with Gasteiger partial charge in [0.05, 0.1) is 23.7 Å². The summed E-state index contributed by atoms with van der Waals surface area (Å²) in [6.45, 7) is 0. The average Bonchev–Trinajstić information content (AvgIpc) is 2.59. The van der Waals surface area contributed by atoms with E-state index in [4.69, 9.17) is 4.74 Å². The standard InChI is InChI=1S/C18H14N2O3/c1-23-17-4-2-3-13(18(17)22)16(21)8-6-12-5-7-14-15(11-12)20-10-9-19-14/h2-11,22H,1H3/b8-6+. The summed E-state index contributed by atoms with van der Waals surface area (Å²) in [5.74, 6) is -0.195. The number of allylic oxidation sites excluding steroid dienone is 1. The number of methoxy groups -OCH3 is 1. The highest BCUT2D eigenvalue weighted by atomic mass is 16.5. The highest BCUT2D eigenvalue weighted by Gasteiger charge is 2.12. The maximum absolute atomic E-state index is 12.2. The number of nitrogens with zero attached hydrogens (tertiary/aromatic N) is 2. The molecular formula is C18H14N2O3. The molecule has 3 aromatic rings. The number of hydrogen-bond donors (Lipinski definition) is 1. The highest BCUT2D eigenvalue weighted by Crippen LogP contribution is 2.29. The van der Waals surface area contributed by atoms with Crippen LogP contribution in [0.15, 0.2) is 54.9 Å². The molecule has 0 saturated heterocycles. The minimum Gasteiger partial charge on any atom is -0.504 e. The topological polar surface area (TPSA) is 72.3 Å². The summed E-state index contributed by atoms with van der Waals surface area (Å²) in [6, 6.07) is 10.3. The van der Waals surface area contributed by atoms with Crippen LogP contribution < -0.4 is 4.74 Å². The summed E-state index contributed by atoms with van der Waals surface area (Å²) in [5, 5.41) is 10.00. The van der Waals surface area contributed by atoms with E-state index in [1.165, 1.54) is 13.2 Å².